The lowest BCUT2D eigenvalue weighted by molar-refractivity contribution is -0.134. The number of carbonyl (C=O) groups is 1. The van der Waals surface area contributed by atoms with Gasteiger partial charge in [0, 0.05) is 13.1 Å². The van der Waals surface area contributed by atoms with Crippen molar-refractivity contribution in [2.75, 3.05) is 13.1 Å². The molecule has 2 fully saturated rings. The number of nitrogens with zero attached hydrogens (tertiary/aromatic N) is 1. The summed E-state index contributed by atoms with van der Waals surface area (Å²) in [5.74, 6) is 0.378. The molecule has 0 aromatic heterocycles. The van der Waals surface area contributed by atoms with Crippen LogP contribution in [0.25, 0.3) is 0 Å². The standard InChI is InChI=1S/C15H19NO/c17-14(16-11-5-2-6-12-16)15(9-10-15)13-7-3-1-4-8-13/h1,3-4,7-8H,2,5-6,9-12H2. The van der Waals surface area contributed by atoms with Gasteiger partial charge in [-0.1, -0.05) is 30.3 Å². The Labute approximate surface area is 103 Å². The van der Waals surface area contributed by atoms with Gasteiger partial charge in [-0.25, -0.2) is 0 Å². The smallest absolute Gasteiger partial charge is 0.233 e. The van der Waals surface area contributed by atoms with Crippen molar-refractivity contribution in [3.63, 3.8) is 0 Å². The van der Waals surface area contributed by atoms with Gasteiger partial charge in [0.05, 0.1) is 5.41 Å². The molecule has 0 bridgehead atoms. The molecule has 3 rings (SSSR count). The number of carbonyl (C=O) groups excluding carboxylic acids is 1. The van der Waals surface area contributed by atoms with E-state index < -0.39 is 0 Å². The van der Waals surface area contributed by atoms with Gasteiger partial charge in [0.1, 0.15) is 0 Å². The molecule has 2 aliphatic rings. The molecule has 0 atom stereocenters. The lowest BCUT2D eigenvalue weighted by Crippen LogP contribution is -2.42. The first-order chi connectivity index (χ1) is 8.33. The zero-order valence-corrected chi connectivity index (χ0v) is 10.2. The molecule has 2 nitrogen and oxygen atoms in total. The van der Waals surface area contributed by atoms with Crippen LogP contribution in [0.3, 0.4) is 0 Å². The number of hydrogen-bond acceptors (Lipinski definition) is 1. The molecule has 1 saturated heterocycles. The number of rotatable bonds is 2. The molecule has 0 unspecified atom stereocenters. The molecular weight excluding hydrogens is 210 g/mol. The fourth-order valence-corrected chi connectivity index (χ4v) is 2.91. The molecule has 1 saturated carbocycles. The van der Waals surface area contributed by atoms with Crippen LogP contribution in [0.5, 0.6) is 0 Å². The Kier molecular flexibility index (Phi) is 2.65. The maximum absolute atomic E-state index is 12.6. The topological polar surface area (TPSA) is 20.3 Å². The van der Waals surface area contributed by atoms with Crippen molar-refractivity contribution in [3.8, 4) is 0 Å². The molecule has 0 radical (unpaired) electrons. The summed E-state index contributed by atoms with van der Waals surface area (Å²) in [7, 11) is 0. The first-order valence-electron chi connectivity index (χ1n) is 6.68. The third-order valence-corrected chi connectivity index (χ3v) is 4.13. The number of likely N-dealkylation sites (tertiary alicyclic amines) is 1. The molecule has 2 heteroatoms. The van der Waals surface area contributed by atoms with Crippen molar-refractivity contribution in [2.45, 2.75) is 37.5 Å². The van der Waals surface area contributed by atoms with E-state index >= 15 is 0 Å². The third-order valence-electron chi connectivity index (χ3n) is 4.13. The molecule has 1 heterocycles. The summed E-state index contributed by atoms with van der Waals surface area (Å²) in [6, 6.07) is 10.3. The van der Waals surface area contributed by atoms with E-state index in [0.717, 1.165) is 25.9 Å². The maximum atomic E-state index is 12.6. The Bertz CT molecular complexity index is 402. The Morgan fingerprint density at radius 3 is 2.24 bits per heavy atom. The van der Waals surface area contributed by atoms with Crippen molar-refractivity contribution in [1.82, 2.24) is 4.90 Å². The van der Waals surface area contributed by atoms with E-state index in [2.05, 4.69) is 17.0 Å². The quantitative estimate of drug-likeness (QED) is 0.763. The van der Waals surface area contributed by atoms with Gasteiger partial charge in [0.15, 0.2) is 0 Å². The van der Waals surface area contributed by atoms with Gasteiger partial charge in [0.2, 0.25) is 5.91 Å². The van der Waals surface area contributed by atoms with Crippen LogP contribution in [0.1, 0.15) is 37.7 Å². The fourth-order valence-electron chi connectivity index (χ4n) is 2.91. The normalized spacial score (nSPS) is 22.2. The van der Waals surface area contributed by atoms with Crippen LogP contribution in [0.2, 0.25) is 0 Å². The van der Waals surface area contributed by atoms with E-state index in [1.165, 1.54) is 24.8 Å². The van der Waals surface area contributed by atoms with E-state index in [9.17, 15) is 4.79 Å². The predicted octanol–water partition coefficient (Wildman–Crippen LogP) is 2.73. The van der Waals surface area contributed by atoms with Crippen molar-refractivity contribution in [3.05, 3.63) is 35.9 Å². The van der Waals surface area contributed by atoms with Crippen molar-refractivity contribution < 1.29 is 4.79 Å². The zero-order chi connectivity index (χ0) is 11.7. The van der Waals surface area contributed by atoms with Crippen molar-refractivity contribution >= 4 is 5.91 Å². The summed E-state index contributed by atoms with van der Waals surface area (Å²) in [6.07, 6.45) is 5.70. The van der Waals surface area contributed by atoms with E-state index in [1.54, 1.807) is 0 Å². The average Bonchev–Trinajstić information content (AvgIpc) is 3.21. The van der Waals surface area contributed by atoms with Gasteiger partial charge >= 0.3 is 0 Å². The second-order valence-electron chi connectivity index (χ2n) is 5.30. The van der Waals surface area contributed by atoms with Gasteiger partial charge in [0.25, 0.3) is 0 Å². The SMILES string of the molecule is O=C(N1CCCCC1)C1(c2ccccc2)CC1. The molecule has 17 heavy (non-hydrogen) atoms. The van der Waals surface area contributed by atoms with Gasteiger partial charge in [-0.2, -0.15) is 0 Å². The molecule has 1 aliphatic heterocycles. The van der Waals surface area contributed by atoms with Crippen LogP contribution >= 0.6 is 0 Å². The summed E-state index contributed by atoms with van der Waals surface area (Å²) in [5, 5.41) is 0. The third kappa shape index (κ3) is 1.86. The lowest BCUT2D eigenvalue weighted by atomic mass is 9.93. The highest BCUT2D eigenvalue weighted by molar-refractivity contribution is 5.91. The Balaban J connectivity index is 1.81. The van der Waals surface area contributed by atoms with Crippen LogP contribution in [-0.2, 0) is 10.2 Å². The molecule has 1 aliphatic carbocycles. The average molecular weight is 229 g/mol. The molecule has 1 amide bonds. The number of benzene rings is 1. The van der Waals surface area contributed by atoms with Gasteiger partial charge in [-0.15, -0.1) is 0 Å². The molecular formula is C15H19NO. The zero-order valence-electron chi connectivity index (χ0n) is 10.2. The van der Waals surface area contributed by atoms with Crippen LogP contribution in [-0.4, -0.2) is 23.9 Å². The number of piperidine rings is 1. The highest BCUT2D eigenvalue weighted by Crippen LogP contribution is 2.49. The molecule has 1 aromatic rings. The predicted molar refractivity (Wildman–Crippen MR) is 67.8 cm³/mol. The van der Waals surface area contributed by atoms with Crippen LogP contribution < -0.4 is 0 Å². The van der Waals surface area contributed by atoms with E-state index in [1.807, 2.05) is 18.2 Å². The van der Waals surface area contributed by atoms with Gasteiger partial charge in [-0.3, -0.25) is 4.79 Å². The largest absolute Gasteiger partial charge is 0.342 e. The minimum Gasteiger partial charge on any atom is -0.342 e. The van der Waals surface area contributed by atoms with Gasteiger partial charge < -0.3 is 4.90 Å². The summed E-state index contributed by atoms with van der Waals surface area (Å²) in [6.45, 7) is 1.93. The maximum Gasteiger partial charge on any atom is 0.233 e. The van der Waals surface area contributed by atoms with E-state index in [-0.39, 0.29) is 5.41 Å². The van der Waals surface area contributed by atoms with E-state index in [4.69, 9.17) is 0 Å². The Morgan fingerprint density at radius 2 is 1.65 bits per heavy atom. The second-order valence-corrected chi connectivity index (χ2v) is 5.30. The Hall–Kier alpha value is -1.31. The van der Waals surface area contributed by atoms with Crippen molar-refractivity contribution in [1.29, 1.82) is 0 Å². The first kappa shape index (κ1) is 10.8. The van der Waals surface area contributed by atoms with E-state index in [0.29, 0.717) is 5.91 Å². The van der Waals surface area contributed by atoms with Crippen LogP contribution in [0, 0.1) is 0 Å². The fraction of sp³-hybridized carbons (Fsp3) is 0.533. The summed E-state index contributed by atoms with van der Waals surface area (Å²) >= 11 is 0. The highest BCUT2D eigenvalue weighted by Gasteiger charge is 2.52. The number of hydrogen-bond donors (Lipinski definition) is 0. The summed E-state index contributed by atoms with van der Waals surface area (Å²) in [5.41, 5.74) is 1.06. The Morgan fingerprint density at radius 1 is 1.00 bits per heavy atom. The van der Waals surface area contributed by atoms with Crippen molar-refractivity contribution in [2.24, 2.45) is 0 Å². The molecule has 0 spiro atoms. The summed E-state index contributed by atoms with van der Waals surface area (Å²) < 4.78 is 0. The minimum absolute atomic E-state index is 0.154. The summed E-state index contributed by atoms with van der Waals surface area (Å²) in [4.78, 5) is 14.7. The van der Waals surface area contributed by atoms with Crippen LogP contribution in [0.4, 0.5) is 0 Å². The monoisotopic (exact) mass is 229 g/mol. The van der Waals surface area contributed by atoms with Gasteiger partial charge in [-0.05, 0) is 37.7 Å². The molecule has 90 valence electrons. The molecule has 1 aromatic carbocycles. The van der Waals surface area contributed by atoms with Crippen LogP contribution in [0.15, 0.2) is 30.3 Å². The highest BCUT2D eigenvalue weighted by atomic mass is 16.2. The lowest BCUT2D eigenvalue weighted by Gasteiger charge is -2.30. The molecule has 0 N–H and O–H groups in total. The minimum atomic E-state index is -0.154. The second kappa shape index (κ2) is 4.17. The number of amides is 1. The first-order valence-corrected chi connectivity index (χ1v) is 6.68.